The van der Waals surface area contributed by atoms with E-state index in [1.807, 2.05) is 6.92 Å². The molecule has 2 aromatic carbocycles. The molecule has 9 heteroatoms. The molecule has 142 valence electrons. The summed E-state index contributed by atoms with van der Waals surface area (Å²) >= 11 is 6.03. The minimum absolute atomic E-state index is 0.0247. The average Bonchev–Trinajstić information content (AvgIpc) is 3.05. The van der Waals surface area contributed by atoms with Crippen molar-refractivity contribution in [2.45, 2.75) is 37.1 Å². The number of sulfonamides is 1. The van der Waals surface area contributed by atoms with Crippen LogP contribution in [0.15, 0.2) is 41.3 Å². The second-order valence-electron chi connectivity index (χ2n) is 6.81. The molecule has 0 bridgehead atoms. The zero-order valence-corrected chi connectivity index (χ0v) is 16.4. The predicted molar refractivity (Wildman–Crippen MR) is 105 cm³/mol. The maximum absolute atomic E-state index is 12.9. The van der Waals surface area contributed by atoms with Crippen molar-refractivity contribution in [3.63, 3.8) is 0 Å². The van der Waals surface area contributed by atoms with Crippen LogP contribution in [0.2, 0.25) is 5.02 Å². The number of rotatable bonds is 3. The van der Waals surface area contributed by atoms with E-state index >= 15 is 0 Å². The van der Waals surface area contributed by atoms with Gasteiger partial charge in [0.1, 0.15) is 11.0 Å². The number of nitrogens with zero attached hydrogens (tertiary/aromatic N) is 4. The Balaban J connectivity index is 1.66. The standard InChI is InChI=1S/C18H20ClN5O2S/c1-12-4-2-3-9-23(12)27(25,26)14-7-5-13(6-8-14)24-21-17-10-15(19)16(20)11-18(17)22-24/h5-8,10-12H,2-4,9,20H2,1H3. The first kappa shape index (κ1) is 18.2. The number of hydrogen-bond donors (Lipinski definition) is 1. The summed E-state index contributed by atoms with van der Waals surface area (Å²) in [5.41, 5.74) is 8.14. The first-order valence-electron chi connectivity index (χ1n) is 8.80. The number of piperidine rings is 1. The highest BCUT2D eigenvalue weighted by atomic mass is 35.5. The third kappa shape index (κ3) is 3.28. The van der Waals surface area contributed by atoms with Crippen molar-refractivity contribution in [3.05, 3.63) is 41.4 Å². The van der Waals surface area contributed by atoms with Crippen molar-refractivity contribution in [2.75, 3.05) is 12.3 Å². The third-order valence-corrected chi connectivity index (χ3v) is 7.27. The first-order chi connectivity index (χ1) is 12.9. The fraction of sp³-hybridized carbons (Fsp3) is 0.333. The highest BCUT2D eigenvalue weighted by Gasteiger charge is 2.30. The smallest absolute Gasteiger partial charge is 0.243 e. The lowest BCUT2D eigenvalue weighted by atomic mass is 10.1. The van der Waals surface area contributed by atoms with Crippen LogP contribution in [0.4, 0.5) is 5.69 Å². The summed E-state index contributed by atoms with van der Waals surface area (Å²) in [7, 11) is -3.50. The first-order valence-corrected chi connectivity index (χ1v) is 10.6. The lowest BCUT2D eigenvalue weighted by Crippen LogP contribution is -2.41. The predicted octanol–water partition coefficient (Wildman–Crippen LogP) is 3.22. The van der Waals surface area contributed by atoms with Gasteiger partial charge in [0, 0.05) is 12.6 Å². The Morgan fingerprint density at radius 1 is 1.11 bits per heavy atom. The van der Waals surface area contributed by atoms with E-state index in [-0.39, 0.29) is 10.9 Å². The van der Waals surface area contributed by atoms with Gasteiger partial charge < -0.3 is 5.73 Å². The van der Waals surface area contributed by atoms with Crippen LogP contribution in [-0.2, 0) is 10.0 Å². The minimum Gasteiger partial charge on any atom is -0.397 e. The van der Waals surface area contributed by atoms with Crippen molar-refractivity contribution in [3.8, 4) is 5.69 Å². The van der Waals surface area contributed by atoms with Crippen LogP contribution in [0.3, 0.4) is 0 Å². The second kappa shape index (κ2) is 6.78. The van der Waals surface area contributed by atoms with Crippen molar-refractivity contribution in [2.24, 2.45) is 0 Å². The van der Waals surface area contributed by atoms with E-state index in [1.54, 1.807) is 40.7 Å². The number of fused-ring (bicyclic) bond motifs is 1. The molecule has 1 aromatic heterocycles. The molecule has 0 saturated carbocycles. The Morgan fingerprint density at radius 2 is 1.78 bits per heavy atom. The number of nitrogen functional groups attached to an aromatic ring is 1. The van der Waals surface area contributed by atoms with E-state index in [1.165, 1.54) is 4.80 Å². The highest BCUT2D eigenvalue weighted by Crippen LogP contribution is 2.27. The molecule has 7 nitrogen and oxygen atoms in total. The van der Waals surface area contributed by atoms with Gasteiger partial charge in [-0.25, -0.2) is 8.42 Å². The van der Waals surface area contributed by atoms with Gasteiger partial charge in [-0.3, -0.25) is 0 Å². The Hall–Kier alpha value is -2.16. The minimum atomic E-state index is -3.50. The Kier molecular flexibility index (Phi) is 4.57. The second-order valence-corrected chi connectivity index (χ2v) is 9.10. The molecule has 0 aliphatic carbocycles. The van der Waals surface area contributed by atoms with E-state index in [4.69, 9.17) is 17.3 Å². The Labute approximate surface area is 162 Å². The fourth-order valence-electron chi connectivity index (χ4n) is 3.39. The van der Waals surface area contributed by atoms with Gasteiger partial charge in [0.2, 0.25) is 10.0 Å². The Morgan fingerprint density at radius 3 is 2.44 bits per heavy atom. The summed E-state index contributed by atoms with van der Waals surface area (Å²) < 4.78 is 27.4. The number of hydrogen-bond acceptors (Lipinski definition) is 5. The lowest BCUT2D eigenvalue weighted by molar-refractivity contribution is 0.268. The van der Waals surface area contributed by atoms with E-state index < -0.39 is 10.0 Å². The van der Waals surface area contributed by atoms with Gasteiger partial charge in [-0.05, 0) is 56.2 Å². The van der Waals surface area contributed by atoms with E-state index in [0.29, 0.717) is 34.0 Å². The van der Waals surface area contributed by atoms with Crippen molar-refractivity contribution < 1.29 is 8.42 Å². The quantitative estimate of drug-likeness (QED) is 0.675. The maximum Gasteiger partial charge on any atom is 0.243 e. The number of halogens is 1. The summed E-state index contributed by atoms with van der Waals surface area (Å²) in [6, 6.07) is 9.94. The van der Waals surface area contributed by atoms with Crippen LogP contribution in [-0.4, -0.2) is 40.3 Å². The topological polar surface area (TPSA) is 94.1 Å². The average molecular weight is 406 g/mol. The molecular weight excluding hydrogens is 386 g/mol. The molecule has 1 aliphatic heterocycles. The molecule has 0 amide bonds. The molecule has 3 aromatic rings. The molecule has 1 atom stereocenters. The Bertz CT molecular complexity index is 1060. The lowest BCUT2D eigenvalue weighted by Gasteiger charge is -2.32. The van der Waals surface area contributed by atoms with Crippen LogP contribution in [0, 0.1) is 0 Å². The molecule has 1 saturated heterocycles. The molecule has 2 N–H and O–H groups in total. The molecule has 1 fully saturated rings. The van der Waals surface area contributed by atoms with Gasteiger partial charge in [-0.1, -0.05) is 18.0 Å². The van der Waals surface area contributed by atoms with Gasteiger partial charge in [-0.2, -0.15) is 9.10 Å². The van der Waals surface area contributed by atoms with Crippen molar-refractivity contribution in [1.29, 1.82) is 0 Å². The molecular formula is C18H20ClN5O2S. The van der Waals surface area contributed by atoms with Crippen LogP contribution < -0.4 is 5.73 Å². The zero-order chi connectivity index (χ0) is 19.2. The molecule has 27 heavy (non-hydrogen) atoms. The molecule has 4 rings (SSSR count). The molecule has 0 radical (unpaired) electrons. The maximum atomic E-state index is 12.9. The summed E-state index contributed by atoms with van der Waals surface area (Å²) in [6.45, 7) is 2.53. The monoisotopic (exact) mass is 405 g/mol. The molecule has 1 unspecified atom stereocenters. The van der Waals surface area contributed by atoms with E-state index in [9.17, 15) is 8.42 Å². The third-order valence-electron chi connectivity index (χ3n) is 4.92. The van der Waals surface area contributed by atoms with Crippen LogP contribution in [0.25, 0.3) is 16.7 Å². The summed E-state index contributed by atoms with van der Waals surface area (Å²) in [5.74, 6) is 0. The highest BCUT2D eigenvalue weighted by molar-refractivity contribution is 7.89. The zero-order valence-electron chi connectivity index (χ0n) is 14.8. The number of aromatic nitrogens is 3. The number of anilines is 1. The van der Waals surface area contributed by atoms with Crippen LogP contribution in [0.1, 0.15) is 26.2 Å². The van der Waals surface area contributed by atoms with Crippen molar-refractivity contribution in [1.82, 2.24) is 19.3 Å². The van der Waals surface area contributed by atoms with Crippen LogP contribution in [0.5, 0.6) is 0 Å². The van der Waals surface area contributed by atoms with Gasteiger partial charge in [0.05, 0.1) is 21.3 Å². The number of benzene rings is 2. The molecule has 1 aliphatic rings. The molecule has 2 heterocycles. The van der Waals surface area contributed by atoms with Crippen LogP contribution >= 0.6 is 11.6 Å². The largest absolute Gasteiger partial charge is 0.397 e. The SMILES string of the molecule is CC1CCCCN1S(=O)(=O)c1ccc(-n2nc3cc(N)c(Cl)cc3n2)cc1. The summed E-state index contributed by atoms with van der Waals surface area (Å²) in [5, 5.41) is 9.19. The summed E-state index contributed by atoms with van der Waals surface area (Å²) in [6.07, 6.45) is 2.86. The number of nitrogens with two attached hydrogens (primary N) is 1. The molecule has 0 spiro atoms. The van der Waals surface area contributed by atoms with Crippen molar-refractivity contribution >= 4 is 38.3 Å². The van der Waals surface area contributed by atoms with Gasteiger partial charge in [0.25, 0.3) is 0 Å². The van der Waals surface area contributed by atoms with Gasteiger partial charge in [-0.15, -0.1) is 10.2 Å². The van der Waals surface area contributed by atoms with E-state index in [2.05, 4.69) is 10.2 Å². The van der Waals surface area contributed by atoms with Gasteiger partial charge >= 0.3 is 0 Å². The van der Waals surface area contributed by atoms with E-state index in [0.717, 1.165) is 19.3 Å². The van der Waals surface area contributed by atoms with Gasteiger partial charge in [0.15, 0.2) is 0 Å². The fourth-order valence-corrected chi connectivity index (χ4v) is 5.24. The summed E-state index contributed by atoms with van der Waals surface area (Å²) in [4.78, 5) is 1.73. The normalized spacial score (nSPS) is 18.8.